The number of benzene rings is 1. The number of rotatable bonds is 5. The van der Waals surface area contributed by atoms with E-state index in [0.29, 0.717) is 4.43 Å². The second-order valence-electron chi connectivity index (χ2n) is 3.55. The van der Waals surface area contributed by atoms with Crippen molar-refractivity contribution in [3.63, 3.8) is 0 Å². The maximum Gasteiger partial charge on any atom is 0.268 e. The molecule has 1 rings (SSSR count). The first-order valence-corrected chi connectivity index (χ1v) is 7.05. The molecular formula is C11H12BrF2IO. The normalized spacial score (nSPS) is 13.8. The second kappa shape index (κ2) is 6.26. The van der Waals surface area contributed by atoms with Crippen molar-refractivity contribution in [2.75, 3.05) is 11.0 Å². The van der Waals surface area contributed by atoms with Crippen LogP contribution in [0.1, 0.15) is 18.6 Å². The monoisotopic (exact) mass is 404 g/mol. The molecular weight excluding hydrogens is 393 g/mol. The SMILES string of the molecule is CC(F)(F)COC(CI)c1ccccc1Br. The van der Waals surface area contributed by atoms with Crippen LogP contribution in [-0.4, -0.2) is 17.0 Å². The molecule has 0 N–H and O–H groups in total. The first kappa shape index (κ1) is 14.3. The summed E-state index contributed by atoms with van der Waals surface area (Å²) in [7, 11) is 0. The van der Waals surface area contributed by atoms with E-state index in [4.69, 9.17) is 4.74 Å². The van der Waals surface area contributed by atoms with E-state index in [-0.39, 0.29) is 6.10 Å². The highest BCUT2D eigenvalue weighted by Crippen LogP contribution is 2.28. The molecule has 0 spiro atoms. The highest BCUT2D eigenvalue weighted by atomic mass is 127. The molecule has 0 aliphatic carbocycles. The largest absolute Gasteiger partial charge is 0.366 e. The minimum absolute atomic E-state index is 0.304. The summed E-state index contributed by atoms with van der Waals surface area (Å²) in [5, 5.41) is 0. The molecule has 0 saturated heterocycles. The van der Waals surface area contributed by atoms with Gasteiger partial charge >= 0.3 is 0 Å². The van der Waals surface area contributed by atoms with Gasteiger partial charge in [0.1, 0.15) is 6.61 Å². The molecule has 5 heteroatoms. The smallest absolute Gasteiger partial charge is 0.268 e. The fourth-order valence-corrected chi connectivity index (χ4v) is 2.47. The van der Waals surface area contributed by atoms with Gasteiger partial charge in [-0.15, -0.1) is 0 Å². The summed E-state index contributed by atoms with van der Waals surface area (Å²) in [6.07, 6.45) is -0.304. The Bertz CT molecular complexity index is 341. The first-order valence-electron chi connectivity index (χ1n) is 4.74. The Balaban J connectivity index is 2.72. The maximum absolute atomic E-state index is 12.7. The minimum atomic E-state index is -2.79. The highest BCUT2D eigenvalue weighted by Gasteiger charge is 2.24. The quantitative estimate of drug-likeness (QED) is 0.515. The second-order valence-corrected chi connectivity index (χ2v) is 5.28. The van der Waals surface area contributed by atoms with Gasteiger partial charge in [0.2, 0.25) is 0 Å². The number of hydrogen-bond acceptors (Lipinski definition) is 1. The van der Waals surface area contributed by atoms with Crippen LogP contribution < -0.4 is 0 Å². The van der Waals surface area contributed by atoms with Crippen molar-refractivity contribution in [2.45, 2.75) is 19.0 Å². The summed E-state index contributed by atoms with van der Waals surface area (Å²) >= 11 is 5.52. The molecule has 1 aromatic rings. The summed E-state index contributed by atoms with van der Waals surface area (Å²) in [4.78, 5) is 0. The Labute approximate surface area is 116 Å². The number of alkyl halides is 3. The van der Waals surface area contributed by atoms with Gasteiger partial charge in [-0.05, 0) is 11.6 Å². The van der Waals surface area contributed by atoms with E-state index < -0.39 is 12.5 Å². The molecule has 0 fully saturated rings. The van der Waals surface area contributed by atoms with Crippen molar-refractivity contribution in [3.8, 4) is 0 Å². The zero-order valence-corrected chi connectivity index (χ0v) is 12.5. The molecule has 90 valence electrons. The lowest BCUT2D eigenvalue weighted by molar-refractivity contribution is -0.0826. The standard InChI is InChI=1S/C11H12BrF2IO/c1-11(13,14)7-16-10(6-15)8-4-2-3-5-9(8)12/h2-5,10H,6-7H2,1H3. The third-order valence-corrected chi connectivity index (χ3v) is 3.45. The van der Waals surface area contributed by atoms with Crippen LogP contribution in [0.5, 0.6) is 0 Å². The molecule has 1 atom stereocenters. The molecule has 0 saturated carbocycles. The Morgan fingerprint density at radius 3 is 2.56 bits per heavy atom. The Morgan fingerprint density at radius 1 is 1.44 bits per heavy atom. The van der Waals surface area contributed by atoms with Crippen molar-refractivity contribution in [3.05, 3.63) is 34.3 Å². The van der Waals surface area contributed by atoms with Crippen LogP contribution in [-0.2, 0) is 4.74 Å². The van der Waals surface area contributed by atoms with Crippen LogP contribution in [0.4, 0.5) is 8.78 Å². The van der Waals surface area contributed by atoms with Crippen molar-refractivity contribution >= 4 is 38.5 Å². The van der Waals surface area contributed by atoms with Gasteiger partial charge in [-0.1, -0.05) is 56.7 Å². The Morgan fingerprint density at radius 2 is 2.06 bits per heavy atom. The van der Waals surface area contributed by atoms with E-state index in [1.54, 1.807) is 0 Å². The van der Waals surface area contributed by atoms with Gasteiger partial charge in [0.15, 0.2) is 0 Å². The van der Waals surface area contributed by atoms with Gasteiger partial charge in [0, 0.05) is 15.8 Å². The summed E-state index contributed by atoms with van der Waals surface area (Å²) < 4.78 is 32.1. The van der Waals surface area contributed by atoms with Gasteiger partial charge < -0.3 is 4.74 Å². The van der Waals surface area contributed by atoms with Gasteiger partial charge in [-0.2, -0.15) is 0 Å². The third-order valence-electron chi connectivity index (χ3n) is 1.93. The lowest BCUT2D eigenvalue weighted by Gasteiger charge is -2.19. The van der Waals surface area contributed by atoms with Crippen molar-refractivity contribution < 1.29 is 13.5 Å². The van der Waals surface area contributed by atoms with Crippen molar-refractivity contribution in [2.24, 2.45) is 0 Å². The molecule has 0 aliphatic heterocycles. The number of hydrogen-bond donors (Lipinski definition) is 0. The highest BCUT2D eigenvalue weighted by molar-refractivity contribution is 14.1. The predicted octanol–water partition coefficient (Wildman–Crippen LogP) is 4.60. The molecule has 0 aliphatic rings. The molecule has 0 aromatic heterocycles. The molecule has 0 heterocycles. The van der Waals surface area contributed by atoms with E-state index in [1.807, 2.05) is 24.3 Å². The molecule has 0 radical (unpaired) electrons. The van der Waals surface area contributed by atoms with Crippen LogP contribution >= 0.6 is 38.5 Å². The van der Waals surface area contributed by atoms with Gasteiger partial charge in [-0.3, -0.25) is 0 Å². The average molecular weight is 405 g/mol. The zero-order valence-electron chi connectivity index (χ0n) is 8.72. The molecule has 1 nitrogen and oxygen atoms in total. The van der Waals surface area contributed by atoms with Crippen molar-refractivity contribution in [1.29, 1.82) is 0 Å². The van der Waals surface area contributed by atoms with Gasteiger partial charge in [-0.25, -0.2) is 8.78 Å². The molecule has 1 unspecified atom stereocenters. The molecule has 16 heavy (non-hydrogen) atoms. The van der Waals surface area contributed by atoms with Crippen LogP contribution in [0.15, 0.2) is 28.7 Å². The number of halogens is 4. The topological polar surface area (TPSA) is 9.23 Å². The minimum Gasteiger partial charge on any atom is -0.366 e. The van der Waals surface area contributed by atoms with Crippen LogP contribution in [0, 0.1) is 0 Å². The fourth-order valence-electron chi connectivity index (χ4n) is 1.20. The van der Waals surface area contributed by atoms with Gasteiger partial charge in [0.05, 0.1) is 6.10 Å². The average Bonchev–Trinajstić information content (AvgIpc) is 2.20. The molecule has 0 amide bonds. The van der Waals surface area contributed by atoms with Crippen LogP contribution in [0.2, 0.25) is 0 Å². The molecule has 1 aromatic carbocycles. The molecule has 0 bridgehead atoms. The summed E-state index contributed by atoms with van der Waals surface area (Å²) in [5.74, 6) is -2.79. The summed E-state index contributed by atoms with van der Waals surface area (Å²) in [6.45, 7) is 0.305. The van der Waals surface area contributed by atoms with E-state index >= 15 is 0 Å². The Hall–Kier alpha value is 0.250. The fraction of sp³-hybridized carbons (Fsp3) is 0.455. The third kappa shape index (κ3) is 4.63. The van der Waals surface area contributed by atoms with Crippen molar-refractivity contribution in [1.82, 2.24) is 0 Å². The predicted molar refractivity (Wildman–Crippen MR) is 72.3 cm³/mol. The number of ether oxygens (including phenoxy) is 1. The van der Waals surface area contributed by atoms with Crippen LogP contribution in [0.25, 0.3) is 0 Å². The Kier molecular flexibility index (Phi) is 5.60. The lowest BCUT2D eigenvalue weighted by atomic mass is 10.1. The van der Waals surface area contributed by atoms with Gasteiger partial charge in [0.25, 0.3) is 5.92 Å². The zero-order chi connectivity index (χ0) is 12.2. The maximum atomic E-state index is 12.7. The summed E-state index contributed by atoms with van der Waals surface area (Å²) in [6, 6.07) is 7.50. The van der Waals surface area contributed by atoms with E-state index in [9.17, 15) is 8.78 Å². The van der Waals surface area contributed by atoms with Crippen LogP contribution in [0.3, 0.4) is 0 Å². The first-order chi connectivity index (χ1) is 7.44. The van der Waals surface area contributed by atoms with E-state index in [2.05, 4.69) is 38.5 Å². The lowest BCUT2D eigenvalue weighted by Crippen LogP contribution is -2.21. The van der Waals surface area contributed by atoms with E-state index in [1.165, 1.54) is 0 Å². The van der Waals surface area contributed by atoms with E-state index in [0.717, 1.165) is 17.0 Å². The summed E-state index contributed by atoms with van der Waals surface area (Å²) in [5.41, 5.74) is 0.904.